The molecule has 6 heteroatoms. The summed E-state index contributed by atoms with van der Waals surface area (Å²) in [6.45, 7) is 3.84. The van der Waals surface area contributed by atoms with Crippen LogP contribution in [0.15, 0.2) is 41.6 Å². The fourth-order valence-electron chi connectivity index (χ4n) is 3.28. The van der Waals surface area contributed by atoms with E-state index >= 15 is 0 Å². The molecule has 1 fully saturated rings. The van der Waals surface area contributed by atoms with Gasteiger partial charge in [0.15, 0.2) is 11.5 Å². The van der Waals surface area contributed by atoms with Crippen molar-refractivity contribution in [2.24, 2.45) is 0 Å². The van der Waals surface area contributed by atoms with E-state index in [1.807, 2.05) is 12.4 Å². The van der Waals surface area contributed by atoms with Crippen molar-refractivity contribution in [3.63, 3.8) is 0 Å². The third kappa shape index (κ3) is 4.08. The number of thioether (sulfide) groups is 1. The number of pyridine rings is 1. The van der Waals surface area contributed by atoms with E-state index in [0.29, 0.717) is 6.04 Å². The lowest BCUT2D eigenvalue weighted by molar-refractivity contribution is 0.152. The maximum absolute atomic E-state index is 5.50. The van der Waals surface area contributed by atoms with Crippen molar-refractivity contribution in [3.05, 3.63) is 47.8 Å². The van der Waals surface area contributed by atoms with Crippen LogP contribution in [-0.4, -0.2) is 50.0 Å². The molecule has 5 nitrogen and oxygen atoms in total. The molecule has 1 aliphatic rings. The predicted molar refractivity (Wildman–Crippen MR) is 102 cm³/mol. The fraction of sp³-hybridized carbons (Fsp3) is 0.421. The van der Waals surface area contributed by atoms with Crippen molar-refractivity contribution in [2.45, 2.75) is 17.5 Å². The first-order valence-corrected chi connectivity index (χ1v) is 9.63. The van der Waals surface area contributed by atoms with Gasteiger partial charge in [0.2, 0.25) is 0 Å². The smallest absolute Gasteiger partial charge is 0.161 e. The highest BCUT2D eigenvalue weighted by Gasteiger charge is 2.25. The minimum atomic E-state index is 0.347. The summed E-state index contributed by atoms with van der Waals surface area (Å²) in [7, 11) is 3.36. The van der Waals surface area contributed by atoms with Crippen molar-refractivity contribution < 1.29 is 9.47 Å². The van der Waals surface area contributed by atoms with Crippen molar-refractivity contribution in [3.8, 4) is 11.5 Å². The molecule has 2 aromatic rings. The van der Waals surface area contributed by atoms with Crippen LogP contribution in [0.2, 0.25) is 0 Å². The van der Waals surface area contributed by atoms with E-state index in [0.717, 1.165) is 37.7 Å². The topological polar surface area (TPSA) is 46.6 Å². The molecule has 0 spiro atoms. The second-order valence-electron chi connectivity index (χ2n) is 5.99. The van der Waals surface area contributed by atoms with Crippen molar-refractivity contribution in [1.29, 1.82) is 0 Å². The van der Waals surface area contributed by atoms with Gasteiger partial charge in [-0.05, 0) is 41.6 Å². The molecule has 0 bridgehead atoms. The second-order valence-corrected chi connectivity index (χ2v) is 6.84. The molecule has 0 radical (unpaired) electrons. The standard InChI is InChI=1S/C19H25N3O2S/c1-23-17-10-15(19(25-3)11-18(17)24-2)13-22-9-8-21-12-16(22)14-4-6-20-7-5-14/h4-7,10-11,16,21H,8-9,12-13H2,1-3H3. The SMILES string of the molecule is COc1cc(CN2CCNCC2c2ccncc2)c(SC)cc1OC. The minimum absolute atomic E-state index is 0.347. The van der Waals surface area contributed by atoms with Gasteiger partial charge in [-0.2, -0.15) is 0 Å². The van der Waals surface area contributed by atoms with E-state index in [1.165, 1.54) is 16.0 Å². The van der Waals surface area contributed by atoms with E-state index in [-0.39, 0.29) is 0 Å². The molecule has 0 saturated carbocycles. The molecule has 1 atom stereocenters. The zero-order valence-electron chi connectivity index (χ0n) is 15.0. The van der Waals surface area contributed by atoms with Crippen molar-refractivity contribution in [1.82, 2.24) is 15.2 Å². The van der Waals surface area contributed by atoms with Gasteiger partial charge in [-0.3, -0.25) is 9.88 Å². The van der Waals surface area contributed by atoms with Crippen LogP contribution in [0, 0.1) is 0 Å². The van der Waals surface area contributed by atoms with Crippen LogP contribution in [0.4, 0.5) is 0 Å². The molecular formula is C19H25N3O2S. The zero-order valence-corrected chi connectivity index (χ0v) is 15.8. The Hall–Kier alpha value is -1.76. The first kappa shape index (κ1) is 18.0. The number of piperazine rings is 1. The predicted octanol–water partition coefficient (Wildman–Crippen LogP) is 2.97. The first-order chi connectivity index (χ1) is 12.3. The number of hydrogen-bond acceptors (Lipinski definition) is 6. The maximum atomic E-state index is 5.50. The third-order valence-corrected chi connectivity index (χ3v) is 5.43. The van der Waals surface area contributed by atoms with Gasteiger partial charge < -0.3 is 14.8 Å². The molecular weight excluding hydrogens is 334 g/mol. The van der Waals surface area contributed by atoms with Crippen LogP contribution in [0.3, 0.4) is 0 Å². The van der Waals surface area contributed by atoms with Gasteiger partial charge in [0, 0.05) is 49.5 Å². The Labute approximate surface area is 153 Å². The average molecular weight is 359 g/mol. The molecule has 134 valence electrons. The highest BCUT2D eigenvalue weighted by molar-refractivity contribution is 7.98. The summed E-state index contributed by atoms with van der Waals surface area (Å²) in [5.41, 5.74) is 2.57. The zero-order chi connectivity index (χ0) is 17.6. The van der Waals surface area contributed by atoms with E-state index < -0.39 is 0 Å². The maximum Gasteiger partial charge on any atom is 0.161 e. The summed E-state index contributed by atoms with van der Waals surface area (Å²) in [5, 5.41) is 3.51. The van der Waals surface area contributed by atoms with Crippen LogP contribution in [-0.2, 0) is 6.54 Å². The minimum Gasteiger partial charge on any atom is -0.493 e. The summed E-state index contributed by atoms with van der Waals surface area (Å²) in [5.74, 6) is 1.56. The number of ether oxygens (including phenoxy) is 2. The molecule has 1 aromatic carbocycles. The number of rotatable bonds is 6. The molecule has 3 rings (SSSR count). The molecule has 25 heavy (non-hydrogen) atoms. The number of methoxy groups -OCH3 is 2. The van der Waals surface area contributed by atoms with Gasteiger partial charge in [0.25, 0.3) is 0 Å². The second kappa shape index (κ2) is 8.56. The summed E-state index contributed by atoms with van der Waals surface area (Å²) in [4.78, 5) is 7.89. The van der Waals surface area contributed by atoms with Crippen LogP contribution >= 0.6 is 11.8 Å². The highest BCUT2D eigenvalue weighted by atomic mass is 32.2. The molecule has 1 unspecified atom stereocenters. The molecule has 1 saturated heterocycles. The van der Waals surface area contributed by atoms with Gasteiger partial charge in [-0.15, -0.1) is 11.8 Å². The van der Waals surface area contributed by atoms with E-state index in [1.54, 1.807) is 26.0 Å². The van der Waals surface area contributed by atoms with Crippen LogP contribution in [0.5, 0.6) is 11.5 Å². The van der Waals surface area contributed by atoms with Crippen molar-refractivity contribution in [2.75, 3.05) is 40.1 Å². The Morgan fingerprint density at radius 1 is 1.20 bits per heavy atom. The summed E-state index contributed by atoms with van der Waals surface area (Å²) >= 11 is 1.74. The Morgan fingerprint density at radius 2 is 1.92 bits per heavy atom. The van der Waals surface area contributed by atoms with E-state index in [9.17, 15) is 0 Å². The largest absolute Gasteiger partial charge is 0.493 e. The van der Waals surface area contributed by atoms with Crippen molar-refractivity contribution >= 4 is 11.8 Å². The number of benzene rings is 1. The lowest BCUT2D eigenvalue weighted by atomic mass is 10.0. The van der Waals surface area contributed by atoms with Crippen LogP contribution in [0.1, 0.15) is 17.2 Å². The van der Waals surface area contributed by atoms with Gasteiger partial charge in [0.05, 0.1) is 14.2 Å². The first-order valence-electron chi connectivity index (χ1n) is 8.40. The lowest BCUT2D eigenvalue weighted by Gasteiger charge is -2.37. The highest BCUT2D eigenvalue weighted by Crippen LogP contribution is 2.36. The van der Waals surface area contributed by atoms with Gasteiger partial charge >= 0.3 is 0 Å². The van der Waals surface area contributed by atoms with Gasteiger partial charge in [-0.1, -0.05) is 0 Å². The Balaban J connectivity index is 1.89. The number of hydrogen-bond donors (Lipinski definition) is 1. The summed E-state index contributed by atoms with van der Waals surface area (Å²) < 4.78 is 10.9. The Kier molecular flexibility index (Phi) is 6.18. The number of nitrogens with one attached hydrogen (secondary N) is 1. The average Bonchev–Trinajstić information content (AvgIpc) is 2.68. The summed E-state index contributed by atoms with van der Waals surface area (Å²) in [6, 6.07) is 8.74. The Bertz CT molecular complexity index is 697. The normalized spacial score (nSPS) is 18.1. The lowest BCUT2D eigenvalue weighted by Crippen LogP contribution is -2.45. The van der Waals surface area contributed by atoms with Crippen LogP contribution in [0.25, 0.3) is 0 Å². The monoisotopic (exact) mass is 359 g/mol. The third-order valence-electron chi connectivity index (χ3n) is 4.61. The summed E-state index contributed by atoms with van der Waals surface area (Å²) in [6.07, 6.45) is 5.83. The van der Waals surface area contributed by atoms with Gasteiger partial charge in [0.1, 0.15) is 0 Å². The van der Waals surface area contributed by atoms with Crippen LogP contribution < -0.4 is 14.8 Å². The molecule has 2 heterocycles. The fourth-order valence-corrected chi connectivity index (χ4v) is 3.90. The molecule has 1 aromatic heterocycles. The Morgan fingerprint density at radius 3 is 2.60 bits per heavy atom. The van der Waals surface area contributed by atoms with E-state index in [2.05, 4.69) is 45.7 Å². The molecule has 0 aliphatic carbocycles. The van der Waals surface area contributed by atoms with E-state index in [4.69, 9.17) is 9.47 Å². The van der Waals surface area contributed by atoms with Gasteiger partial charge in [-0.25, -0.2) is 0 Å². The molecule has 1 aliphatic heterocycles. The molecule has 0 amide bonds. The molecule has 1 N–H and O–H groups in total. The number of nitrogens with zero attached hydrogens (tertiary/aromatic N) is 2. The quantitative estimate of drug-likeness (QED) is 0.800. The number of aromatic nitrogens is 1.